The highest BCUT2D eigenvalue weighted by Crippen LogP contribution is 2.42. The first-order valence-corrected chi connectivity index (χ1v) is 30.3. The molecule has 10 aromatic rings. The molecule has 0 unspecified atom stereocenters. The van der Waals surface area contributed by atoms with Gasteiger partial charge >= 0.3 is 0 Å². The number of amides is 8. The number of carbonyl (C=O) groups excluding carboxylic acids is 9. The largest absolute Gasteiger partial charge is 0.457 e. The van der Waals surface area contributed by atoms with Crippen LogP contribution >= 0.6 is 63.7 Å². The van der Waals surface area contributed by atoms with Crippen LogP contribution in [0.3, 0.4) is 0 Å². The predicted octanol–water partition coefficient (Wildman–Crippen LogP) is 16.3. The Labute approximate surface area is 543 Å². The lowest BCUT2D eigenvalue weighted by Gasteiger charge is -2.18. The van der Waals surface area contributed by atoms with Crippen LogP contribution in [0.5, 0.6) is 46.0 Å². The fraction of sp³-hybridized carbons (Fsp3) is 0. The molecule has 90 heavy (non-hydrogen) atoms. The molecule has 436 valence electrons. The van der Waals surface area contributed by atoms with Crippen molar-refractivity contribution >= 4 is 140 Å². The number of ketones is 1. The molecule has 0 fully saturated rings. The molecule has 10 aromatic carbocycles. The molecule has 0 N–H and O–H groups in total. The second kappa shape index (κ2) is 22.6. The fourth-order valence-electron chi connectivity index (χ4n) is 10.8. The van der Waals surface area contributed by atoms with Crippen LogP contribution in [0.2, 0.25) is 0 Å². The number of halogens is 4. The van der Waals surface area contributed by atoms with Crippen molar-refractivity contribution in [3.63, 3.8) is 0 Å². The molecule has 17 nitrogen and oxygen atoms in total. The topological polar surface area (TPSA) is 204 Å². The van der Waals surface area contributed by atoms with Crippen LogP contribution in [0.25, 0.3) is 0 Å². The molecular weight excluding hydrogens is 1410 g/mol. The summed E-state index contributed by atoms with van der Waals surface area (Å²) in [6.07, 6.45) is 0. The van der Waals surface area contributed by atoms with Crippen molar-refractivity contribution in [3.05, 3.63) is 280 Å². The summed E-state index contributed by atoms with van der Waals surface area (Å²) in [5.74, 6) is -3.26. The third-order valence-electron chi connectivity index (χ3n) is 15.1. The van der Waals surface area contributed by atoms with Crippen LogP contribution in [-0.2, 0) is 0 Å². The van der Waals surface area contributed by atoms with Gasteiger partial charge in [-0.25, -0.2) is 19.6 Å². The number of hydrogen-bond acceptors (Lipinski definition) is 13. The SMILES string of the molecule is O=C(c1ccc(Oc2ccc(N3C(=O)c4ccc(Br)cc4C3=O)cc2)cc1Oc1ccc(N2C(=O)c3ccc(Br)cc3C2=O)cc1)c1ccc(Oc2ccc(N3C(=O)c4ccc(Br)cc4C3=O)cc2)cc1Oc1ccc(N2C(=O)c3ccc(Br)cc3C2=O)cc1. The molecule has 4 aliphatic rings. The molecule has 0 saturated heterocycles. The van der Waals surface area contributed by atoms with Gasteiger partial charge < -0.3 is 18.9 Å². The van der Waals surface area contributed by atoms with Crippen molar-refractivity contribution in [2.45, 2.75) is 0 Å². The van der Waals surface area contributed by atoms with Crippen LogP contribution in [0.4, 0.5) is 22.7 Å². The first-order chi connectivity index (χ1) is 43.4. The summed E-state index contributed by atoms with van der Waals surface area (Å²) in [6, 6.07) is 53.2. The summed E-state index contributed by atoms with van der Waals surface area (Å²) in [6.45, 7) is 0. The molecular formula is C69H34Br4N4O13. The third-order valence-corrected chi connectivity index (χ3v) is 17.1. The summed E-state index contributed by atoms with van der Waals surface area (Å²) in [7, 11) is 0. The van der Waals surface area contributed by atoms with E-state index in [1.165, 1.54) is 72.8 Å². The standard InChI is InChI=1S/C69H34Br4N4O13/c70-35-1-23-49-55(29-35)66(83)74(62(49)79)39-5-13-43(14-6-39)87-47-21-27-53(59(33-47)89-45-17-9-41(10-18-45)76-64(81)51-25-3-37(72)31-57(51)68(76)85)61(78)54-28-22-48(88-44-15-7-40(8-16-44)75-63(80)50-24-2-36(71)30-56(50)67(75)84)34-60(54)90-46-19-11-42(12-20-46)77-65(82)52-26-4-38(73)32-58(52)69(77)86/h1-34H. The molecule has 4 aliphatic heterocycles. The molecule has 0 aliphatic carbocycles. The summed E-state index contributed by atoms with van der Waals surface area (Å²) in [5.41, 5.74) is 3.17. The smallest absolute Gasteiger partial charge is 0.266 e. The van der Waals surface area contributed by atoms with Crippen LogP contribution in [0.1, 0.15) is 98.8 Å². The molecule has 0 spiro atoms. The fourth-order valence-corrected chi connectivity index (χ4v) is 12.2. The van der Waals surface area contributed by atoms with Gasteiger partial charge in [0.2, 0.25) is 5.78 Å². The number of hydrogen-bond donors (Lipinski definition) is 0. The number of anilines is 4. The van der Waals surface area contributed by atoms with E-state index in [0.29, 0.717) is 40.8 Å². The Bertz CT molecular complexity index is 4560. The minimum Gasteiger partial charge on any atom is -0.457 e. The highest BCUT2D eigenvalue weighted by molar-refractivity contribution is 9.11. The van der Waals surface area contributed by atoms with Crippen molar-refractivity contribution in [1.29, 1.82) is 0 Å². The Kier molecular flexibility index (Phi) is 14.4. The Balaban J connectivity index is 0.793. The zero-order chi connectivity index (χ0) is 62.4. The summed E-state index contributed by atoms with van der Waals surface area (Å²) >= 11 is 13.5. The maximum Gasteiger partial charge on any atom is 0.266 e. The lowest BCUT2D eigenvalue weighted by atomic mass is 10.0. The van der Waals surface area contributed by atoms with Gasteiger partial charge in [0.25, 0.3) is 47.3 Å². The van der Waals surface area contributed by atoms with Crippen molar-refractivity contribution in [2.75, 3.05) is 19.6 Å². The predicted molar refractivity (Wildman–Crippen MR) is 344 cm³/mol. The van der Waals surface area contributed by atoms with Gasteiger partial charge in [-0.3, -0.25) is 43.2 Å². The van der Waals surface area contributed by atoms with Crippen LogP contribution in [-0.4, -0.2) is 53.0 Å². The van der Waals surface area contributed by atoms with E-state index in [4.69, 9.17) is 18.9 Å². The molecule has 14 rings (SSSR count). The molecule has 21 heteroatoms. The van der Waals surface area contributed by atoms with Gasteiger partial charge in [-0.2, -0.15) is 0 Å². The number of benzene rings is 10. The van der Waals surface area contributed by atoms with Crippen molar-refractivity contribution in [2.24, 2.45) is 0 Å². The average Bonchev–Trinajstić information content (AvgIpc) is 3.94. The number of ether oxygens (including phenoxy) is 4. The van der Waals surface area contributed by atoms with E-state index >= 15 is 4.79 Å². The average molecular weight is 1450 g/mol. The van der Waals surface area contributed by atoms with Gasteiger partial charge in [-0.15, -0.1) is 0 Å². The second-order valence-electron chi connectivity index (χ2n) is 20.6. The molecule has 0 aromatic heterocycles. The number of nitrogens with zero attached hydrogens (tertiary/aromatic N) is 4. The Morgan fingerprint density at radius 3 is 0.722 bits per heavy atom. The molecule has 4 heterocycles. The highest BCUT2D eigenvalue weighted by atomic mass is 79.9. The van der Waals surface area contributed by atoms with Crippen LogP contribution in [0, 0.1) is 0 Å². The van der Waals surface area contributed by atoms with Gasteiger partial charge in [0, 0.05) is 30.0 Å². The summed E-state index contributed by atoms with van der Waals surface area (Å²) in [4.78, 5) is 127. The van der Waals surface area contributed by atoms with E-state index in [1.807, 2.05) is 0 Å². The van der Waals surface area contributed by atoms with Crippen LogP contribution in [0.15, 0.2) is 224 Å². The second-order valence-corrected chi connectivity index (χ2v) is 24.2. The molecule has 0 radical (unpaired) electrons. The van der Waals surface area contributed by atoms with Gasteiger partial charge in [0.15, 0.2) is 0 Å². The van der Waals surface area contributed by atoms with Gasteiger partial charge in [-0.05, 0) is 194 Å². The number of rotatable bonds is 14. The van der Waals surface area contributed by atoms with Crippen molar-refractivity contribution in [3.8, 4) is 46.0 Å². The Hall–Kier alpha value is -10.5. The highest BCUT2D eigenvalue weighted by Gasteiger charge is 2.40. The Morgan fingerprint density at radius 2 is 0.467 bits per heavy atom. The number of imide groups is 4. The van der Waals surface area contributed by atoms with Gasteiger partial charge in [0.05, 0.1) is 78.4 Å². The monoisotopic (exact) mass is 1440 g/mol. The van der Waals surface area contributed by atoms with Crippen molar-refractivity contribution < 1.29 is 62.1 Å². The first kappa shape index (κ1) is 57.3. The molecule has 0 bridgehead atoms. The lowest BCUT2D eigenvalue weighted by Crippen LogP contribution is -2.29. The Morgan fingerprint density at radius 1 is 0.244 bits per heavy atom. The van der Waals surface area contributed by atoms with E-state index in [0.717, 1.165) is 19.6 Å². The zero-order valence-electron chi connectivity index (χ0n) is 45.7. The maximum absolute atomic E-state index is 15.4. The summed E-state index contributed by atoms with van der Waals surface area (Å²) in [5, 5.41) is 0. The first-order valence-electron chi connectivity index (χ1n) is 27.1. The van der Waals surface area contributed by atoms with Crippen LogP contribution < -0.4 is 38.5 Å². The van der Waals surface area contributed by atoms with E-state index in [9.17, 15) is 38.4 Å². The maximum atomic E-state index is 15.4. The number of carbonyl (C=O) groups is 9. The molecule has 0 saturated carbocycles. The normalized spacial score (nSPS) is 13.9. The van der Waals surface area contributed by atoms with Gasteiger partial charge in [0.1, 0.15) is 46.0 Å². The molecule has 0 atom stereocenters. The molecule has 8 amide bonds. The number of fused-ring (bicyclic) bond motifs is 4. The summed E-state index contributed by atoms with van der Waals surface area (Å²) < 4.78 is 28.2. The van der Waals surface area contributed by atoms with Crippen molar-refractivity contribution in [1.82, 2.24) is 0 Å². The quantitative estimate of drug-likeness (QED) is 0.0735. The van der Waals surface area contributed by atoms with E-state index in [2.05, 4.69) is 63.7 Å². The third kappa shape index (κ3) is 10.2. The van der Waals surface area contributed by atoms with E-state index < -0.39 is 53.0 Å². The zero-order valence-corrected chi connectivity index (χ0v) is 52.1. The lowest BCUT2D eigenvalue weighted by molar-refractivity contribution is 0.0910. The minimum absolute atomic E-state index is 0.00666. The minimum atomic E-state index is -0.615. The van der Waals surface area contributed by atoms with Gasteiger partial charge in [-0.1, -0.05) is 63.7 Å². The van der Waals surface area contributed by atoms with E-state index in [1.54, 1.807) is 133 Å². The van der Waals surface area contributed by atoms with E-state index in [-0.39, 0.29) is 102 Å².